The summed E-state index contributed by atoms with van der Waals surface area (Å²) in [6.07, 6.45) is 1.66. The standard InChI is InChI=1S/C13H14ClFN2/c1-13(2,3)9-6-8(7-10(14)12(9)15)11-4-5-16-17-11/h4-7H,1-3H3,(H,16,17). The Morgan fingerprint density at radius 1 is 1.29 bits per heavy atom. The van der Waals surface area contributed by atoms with Gasteiger partial charge in [0, 0.05) is 11.8 Å². The Labute approximate surface area is 105 Å². The number of hydrogen-bond donors (Lipinski definition) is 1. The number of hydrogen-bond acceptors (Lipinski definition) is 1. The molecule has 0 fully saturated rings. The van der Waals surface area contributed by atoms with Crippen LogP contribution in [0.25, 0.3) is 11.3 Å². The molecule has 2 rings (SSSR count). The van der Waals surface area contributed by atoms with Gasteiger partial charge in [-0.25, -0.2) is 4.39 Å². The van der Waals surface area contributed by atoms with Gasteiger partial charge < -0.3 is 0 Å². The fourth-order valence-corrected chi connectivity index (χ4v) is 1.93. The van der Waals surface area contributed by atoms with Crippen LogP contribution in [0.5, 0.6) is 0 Å². The summed E-state index contributed by atoms with van der Waals surface area (Å²) in [6.45, 7) is 5.87. The van der Waals surface area contributed by atoms with Crippen LogP contribution in [0.3, 0.4) is 0 Å². The van der Waals surface area contributed by atoms with Crippen LogP contribution in [-0.4, -0.2) is 10.2 Å². The minimum absolute atomic E-state index is 0.141. The van der Waals surface area contributed by atoms with Gasteiger partial charge in [0.05, 0.1) is 10.7 Å². The van der Waals surface area contributed by atoms with E-state index >= 15 is 0 Å². The van der Waals surface area contributed by atoms with E-state index in [4.69, 9.17) is 11.6 Å². The summed E-state index contributed by atoms with van der Waals surface area (Å²) in [5, 5.41) is 6.87. The zero-order chi connectivity index (χ0) is 12.6. The van der Waals surface area contributed by atoms with Crippen molar-refractivity contribution in [1.29, 1.82) is 0 Å². The molecule has 0 aliphatic carbocycles. The molecule has 0 spiro atoms. The van der Waals surface area contributed by atoms with Gasteiger partial charge in [-0.15, -0.1) is 0 Å². The van der Waals surface area contributed by atoms with Crippen molar-refractivity contribution in [3.8, 4) is 11.3 Å². The van der Waals surface area contributed by atoms with E-state index in [-0.39, 0.29) is 16.3 Å². The molecule has 0 saturated heterocycles. The van der Waals surface area contributed by atoms with Crippen LogP contribution in [0.15, 0.2) is 24.4 Å². The number of nitrogens with one attached hydrogen (secondary N) is 1. The first-order chi connectivity index (χ1) is 7.89. The van der Waals surface area contributed by atoms with Crippen LogP contribution in [0.4, 0.5) is 4.39 Å². The van der Waals surface area contributed by atoms with Gasteiger partial charge in [-0.05, 0) is 29.2 Å². The normalized spacial score (nSPS) is 11.8. The Hall–Kier alpha value is -1.35. The van der Waals surface area contributed by atoms with Crippen molar-refractivity contribution >= 4 is 11.6 Å². The van der Waals surface area contributed by atoms with Crippen molar-refractivity contribution in [2.24, 2.45) is 0 Å². The minimum atomic E-state index is -0.345. The van der Waals surface area contributed by atoms with Crippen LogP contribution >= 0.6 is 11.6 Å². The Kier molecular flexibility index (Phi) is 2.96. The third kappa shape index (κ3) is 2.34. The van der Waals surface area contributed by atoms with Gasteiger partial charge in [-0.3, -0.25) is 5.10 Å². The van der Waals surface area contributed by atoms with Crippen molar-refractivity contribution in [3.63, 3.8) is 0 Å². The lowest BCUT2D eigenvalue weighted by Gasteiger charge is -2.21. The molecule has 2 nitrogen and oxygen atoms in total. The molecular weight excluding hydrogens is 239 g/mol. The monoisotopic (exact) mass is 252 g/mol. The van der Waals surface area contributed by atoms with Crippen molar-refractivity contribution in [2.75, 3.05) is 0 Å². The highest BCUT2D eigenvalue weighted by molar-refractivity contribution is 6.31. The number of aromatic amines is 1. The fourth-order valence-electron chi connectivity index (χ4n) is 1.71. The second kappa shape index (κ2) is 4.15. The zero-order valence-electron chi connectivity index (χ0n) is 10.0. The molecule has 0 aliphatic rings. The third-order valence-corrected chi connectivity index (χ3v) is 2.92. The average Bonchev–Trinajstić information content (AvgIpc) is 2.73. The number of H-pyrrole nitrogens is 1. The van der Waals surface area contributed by atoms with Gasteiger partial charge in [0.15, 0.2) is 0 Å². The van der Waals surface area contributed by atoms with Gasteiger partial charge in [0.25, 0.3) is 0 Å². The van der Waals surface area contributed by atoms with E-state index in [9.17, 15) is 4.39 Å². The highest BCUT2D eigenvalue weighted by Gasteiger charge is 2.21. The summed E-state index contributed by atoms with van der Waals surface area (Å²) < 4.78 is 14.0. The summed E-state index contributed by atoms with van der Waals surface area (Å²) in [5.41, 5.74) is 2.00. The van der Waals surface area contributed by atoms with Crippen molar-refractivity contribution in [3.05, 3.63) is 40.8 Å². The molecule has 2 aromatic rings. The Bertz CT molecular complexity index is 527. The van der Waals surface area contributed by atoms with E-state index in [0.29, 0.717) is 5.56 Å². The van der Waals surface area contributed by atoms with E-state index in [1.165, 1.54) is 0 Å². The quantitative estimate of drug-likeness (QED) is 0.811. The van der Waals surface area contributed by atoms with Gasteiger partial charge in [0.2, 0.25) is 0 Å². The summed E-state index contributed by atoms with van der Waals surface area (Å²) in [6, 6.07) is 5.25. The molecular formula is C13H14ClFN2. The molecule has 0 saturated carbocycles. The molecule has 0 bridgehead atoms. The van der Waals surface area contributed by atoms with Crippen LogP contribution in [-0.2, 0) is 5.41 Å². The predicted molar refractivity (Wildman–Crippen MR) is 67.7 cm³/mol. The second-order valence-corrected chi connectivity index (χ2v) is 5.45. The lowest BCUT2D eigenvalue weighted by molar-refractivity contribution is 0.523. The lowest BCUT2D eigenvalue weighted by atomic mass is 9.85. The predicted octanol–water partition coefficient (Wildman–Crippen LogP) is 4.17. The molecule has 1 N–H and O–H groups in total. The first-order valence-corrected chi connectivity index (χ1v) is 5.76. The fraction of sp³-hybridized carbons (Fsp3) is 0.308. The summed E-state index contributed by atoms with van der Waals surface area (Å²) in [7, 11) is 0. The number of benzene rings is 1. The molecule has 0 amide bonds. The Balaban J connectivity index is 2.62. The van der Waals surface area contributed by atoms with Crippen molar-refractivity contribution in [2.45, 2.75) is 26.2 Å². The topological polar surface area (TPSA) is 28.7 Å². The summed E-state index contributed by atoms with van der Waals surface area (Å²) >= 11 is 5.93. The van der Waals surface area contributed by atoms with Crippen molar-refractivity contribution < 1.29 is 4.39 Å². The largest absolute Gasteiger partial charge is 0.278 e. The van der Waals surface area contributed by atoms with Gasteiger partial charge in [-0.1, -0.05) is 32.4 Å². The SMILES string of the molecule is CC(C)(C)c1cc(-c2ccn[nH]2)cc(Cl)c1F. The van der Waals surface area contributed by atoms with E-state index in [1.54, 1.807) is 12.3 Å². The number of aromatic nitrogens is 2. The second-order valence-electron chi connectivity index (χ2n) is 5.04. The van der Waals surface area contributed by atoms with Gasteiger partial charge >= 0.3 is 0 Å². The number of rotatable bonds is 1. The number of nitrogens with zero attached hydrogens (tertiary/aromatic N) is 1. The molecule has 1 aromatic heterocycles. The van der Waals surface area contributed by atoms with Gasteiger partial charge in [-0.2, -0.15) is 5.10 Å². The minimum Gasteiger partial charge on any atom is -0.278 e. The maximum Gasteiger partial charge on any atom is 0.145 e. The van der Waals surface area contributed by atoms with E-state index < -0.39 is 0 Å². The molecule has 0 unspecified atom stereocenters. The van der Waals surface area contributed by atoms with Crippen LogP contribution in [0.2, 0.25) is 5.02 Å². The summed E-state index contributed by atoms with van der Waals surface area (Å²) in [4.78, 5) is 0. The lowest BCUT2D eigenvalue weighted by Crippen LogP contribution is -2.14. The van der Waals surface area contributed by atoms with Crippen molar-refractivity contribution in [1.82, 2.24) is 10.2 Å². The molecule has 1 aromatic carbocycles. The molecule has 4 heteroatoms. The number of halogens is 2. The zero-order valence-corrected chi connectivity index (χ0v) is 10.8. The van der Waals surface area contributed by atoms with Gasteiger partial charge in [0.1, 0.15) is 5.82 Å². The molecule has 90 valence electrons. The third-order valence-electron chi connectivity index (χ3n) is 2.65. The molecule has 0 atom stereocenters. The molecule has 0 radical (unpaired) electrons. The maximum absolute atomic E-state index is 14.0. The van der Waals surface area contributed by atoms with Crippen LogP contribution in [0, 0.1) is 5.82 Å². The first kappa shape index (κ1) is 12.1. The van der Waals surface area contributed by atoms with E-state index in [0.717, 1.165) is 11.3 Å². The Morgan fingerprint density at radius 3 is 2.53 bits per heavy atom. The summed E-state index contributed by atoms with van der Waals surface area (Å²) in [5.74, 6) is -0.345. The smallest absolute Gasteiger partial charge is 0.145 e. The average molecular weight is 253 g/mol. The highest BCUT2D eigenvalue weighted by Crippen LogP contribution is 2.33. The first-order valence-electron chi connectivity index (χ1n) is 5.39. The highest BCUT2D eigenvalue weighted by atomic mass is 35.5. The van der Waals surface area contributed by atoms with Crippen LogP contribution < -0.4 is 0 Å². The Morgan fingerprint density at radius 2 is 2.00 bits per heavy atom. The molecule has 17 heavy (non-hydrogen) atoms. The van der Waals surface area contributed by atoms with E-state index in [1.807, 2.05) is 32.9 Å². The van der Waals surface area contributed by atoms with E-state index in [2.05, 4.69) is 10.2 Å². The molecule has 0 aliphatic heterocycles. The maximum atomic E-state index is 14.0. The molecule has 1 heterocycles. The van der Waals surface area contributed by atoms with Crippen LogP contribution in [0.1, 0.15) is 26.3 Å².